The molecule has 0 saturated heterocycles. The van der Waals surface area contributed by atoms with E-state index in [-0.39, 0.29) is 17.9 Å². The van der Waals surface area contributed by atoms with Gasteiger partial charge in [-0.15, -0.1) is 11.3 Å². The molecule has 2 aromatic carbocycles. The minimum absolute atomic E-state index is 0.0151. The third-order valence-electron chi connectivity index (χ3n) is 4.37. The van der Waals surface area contributed by atoms with Gasteiger partial charge in [0, 0.05) is 23.9 Å². The highest BCUT2D eigenvalue weighted by Crippen LogP contribution is 2.24. The Kier molecular flexibility index (Phi) is 6.47. The summed E-state index contributed by atoms with van der Waals surface area (Å²) in [5.41, 5.74) is 3.45. The topological polar surface area (TPSA) is 51.2 Å². The summed E-state index contributed by atoms with van der Waals surface area (Å²) in [6.45, 7) is 7.06. The molecule has 0 radical (unpaired) electrons. The Hall–Kier alpha value is -2.66. The molecule has 0 fully saturated rings. The second-order valence-electron chi connectivity index (χ2n) is 7.67. The lowest BCUT2D eigenvalue weighted by Gasteiger charge is -2.19. The van der Waals surface area contributed by atoms with Crippen molar-refractivity contribution in [1.82, 2.24) is 10.3 Å². The van der Waals surface area contributed by atoms with Gasteiger partial charge < -0.3 is 10.1 Å². The van der Waals surface area contributed by atoms with Crippen LogP contribution in [-0.4, -0.2) is 24.0 Å². The summed E-state index contributed by atoms with van der Waals surface area (Å²) in [5.74, 6) is 0.577. The number of rotatable bonds is 7. The van der Waals surface area contributed by atoms with Crippen LogP contribution < -0.4 is 10.1 Å². The zero-order valence-corrected chi connectivity index (χ0v) is 17.4. The molecular weight excluding hydrogens is 368 g/mol. The first-order valence-corrected chi connectivity index (χ1v) is 10.3. The van der Waals surface area contributed by atoms with Crippen LogP contribution in [0.1, 0.15) is 32.0 Å². The first-order chi connectivity index (χ1) is 13.4. The molecule has 0 atom stereocenters. The summed E-state index contributed by atoms with van der Waals surface area (Å²) in [6, 6.07) is 18.0. The molecule has 1 heterocycles. The van der Waals surface area contributed by atoms with Gasteiger partial charge in [-0.2, -0.15) is 0 Å². The van der Waals surface area contributed by atoms with Gasteiger partial charge in [-0.3, -0.25) is 4.79 Å². The van der Waals surface area contributed by atoms with Gasteiger partial charge in [-0.1, -0.05) is 63.2 Å². The number of benzene rings is 2. The minimum Gasteiger partial charge on any atom is -0.484 e. The van der Waals surface area contributed by atoms with Crippen molar-refractivity contribution in [1.29, 1.82) is 0 Å². The van der Waals surface area contributed by atoms with Crippen LogP contribution >= 0.6 is 11.3 Å². The summed E-state index contributed by atoms with van der Waals surface area (Å²) < 4.78 is 5.57. The normalized spacial score (nSPS) is 11.2. The predicted molar refractivity (Wildman–Crippen MR) is 115 cm³/mol. The Morgan fingerprint density at radius 1 is 1.07 bits per heavy atom. The van der Waals surface area contributed by atoms with E-state index in [2.05, 4.69) is 43.2 Å². The number of ether oxygens (including phenoxy) is 1. The third-order valence-corrected chi connectivity index (χ3v) is 5.31. The first-order valence-electron chi connectivity index (χ1n) is 9.42. The Labute approximate surface area is 170 Å². The molecule has 146 valence electrons. The maximum atomic E-state index is 12.0. The molecule has 0 aliphatic heterocycles. The van der Waals surface area contributed by atoms with Gasteiger partial charge in [0.25, 0.3) is 5.91 Å². The highest BCUT2D eigenvalue weighted by Gasteiger charge is 2.13. The fraction of sp³-hybridized carbons (Fsp3) is 0.304. The van der Waals surface area contributed by atoms with Crippen LogP contribution in [0.2, 0.25) is 0 Å². The Morgan fingerprint density at radius 3 is 2.46 bits per heavy atom. The first kappa shape index (κ1) is 20.1. The number of hydrogen-bond acceptors (Lipinski definition) is 4. The van der Waals surface area contributed by atoms with E-state index in [1.165, 1.54) is 5.56 Å². The highest BCUT2D eigenvalue weighted by molar-refractivity contribution is 7.13. The molecule has 3 rings (SSSR count). The van der Waals surface area contributed by atoms with Crippen molar-refractivity contribution in [2.75, 3.05) is 13.2 Å². The summed E-state index contributed by atoms with van der Waals surface area (Å²) >= 11 is 1.62. The molecule has 0 aliphatic rings. The fourth-order valence-electron chi connectivity index (χ4n) is 2.72. The molecule has 0 unspecified atom stereocenters. The monoisotopic (exact) mass is 394 g/mol. The molecule has 28 heavy (non-hydrogen) atoms. The van der Waals surface area contributed by atoms with Crippen molar-refractivity contribution in [3.05, 3.63) is 71.2 Å². The smallest absolute Gasteiger partial charge is 0.257 e. The van der Waals surface area contributed by atoms with Gasteiger partial charge in [-0.25, -0.2) is 4.98 Å². The fourth-order valence-corrected chi connectivity index (χ4v) is 3.58. The van der Waals surface area contributed by atoms with E-state index in [0.29, 0.717) is 18.7 Å². The molecule has 1 N–H and O–H groups in total. The van der Waals surface area contributed by atoms with Crippen LogP contribution in [0.4, 0.5) is 0 Å². The van der Waals surface area contributed by atoms with E-state index in [4.69, 9.17) is 4.74 Å². The van der Waals surface area contributed by atoms with Crippen LogP contribution in [0.15, 0.2) is 60.0 Å². The van der Waals surface area contributed by atoms with Gasteiger partial charge in [-0.05, 0) is 23.1 Å². The minimum atomic E-state index is -0.126. The largest absolute Gasteiger partial charge is 0.484 e. The zero-order chi connectivity index (χ0) is 20.0. The number of nitrogens with one attached hydrogen (secondary N) is 1. The summed E-state index contributed by atoms with van der Waals surface area (Å²) in [4.78, 5) is 16.6. The van der Waals surface area contributed by atoms with Crippen molar-refractivity contribution in [3.63, 3.8) is 0 Å². The lowest BCUT2D eigenvalue weighted by atomic mass is 9.87. The number of amides is 1. The quantitative estimate of drug-likeness (QED) is 0.623. The molecule has 5 heteroatoms. The zero-order valence-electron chi connectivity index (χ0n) is 16.6. The van der Waals surface area contributed by atoms with Crippen LogP contribution in [0.5, 0.6) is 5.75 Å². The number of aromatic nitrogens is 1. The van der Waals surface area contributed by atoms with Crippen LogP contribution in [0.3, 0.4) is 0 Å². The number of carbonyl (C=O) groups excluding carboxylic acids is 1. The second kappa shape index (κ2) is 9.02. The van der Waals surface area contributed by atoms with Crippen molar-refractivity contribution in [3.8, 4) is 16.3 Å². The van der Waals surface area contributed by atoms with Gasteiger partial charge in [0.15, 0.2) is 6.61 Å². The van der Waals surface area contributed by atoms with E-state index >= 15 is 0 Å². The Bertz CT molecular complexity index is 896. The van der Waals surface area contributed by atoms with Crippen molar-refractivity contribution in [2.24, 2.45) is 0 Å². The maximum absolute atomic E-state index is 12.0. The van der Waals surface area contributed by atoms with E-state index in [9.17, 15) is 4.79 Å². The van der Waals surface area contributed by atoms with Gasteiger partial charge in [0.05, 0.1) is 5.69 Å². The summed E-state index contributed by atoms with van der Waals surface area (Å²) in [5, 5.41) is 5.93. The number of carbonyl (C=O) groups is 1. The van der Waals surface area contributed by atoms with Crippen LogP contribution in [0.25, 0.3) is 10.6 Å². The number of hydrogen-bond donors (Lipinski definition) is 1. The molecule has 0 spiro atoms. The van der Waals surface area contributed by atoms with Gasteiger partial charge >= 0.3 is 0 Å². The molecule has 3 aromatic rings. The SMILES string of the molecule is CC(C)(C)c1ccc(OCC(=O)NCCc2csc(-c3ccccc3)n2)cc1. The van der Waals surface area contributed by atoms with E-state index in [1.807, 2.05) is 47.8 Å². The predicted octanol–water partition coefficient (Wildman–Crippen LogP) is 4.85. The van der Waals surface area contributed by atoms with E-state index < -0.39 is 0 Å². The lowest BCUT2D eigenvalue weighted by molar-refractivity contribution is -0.123. The summed E-state index contributed by atoms with van der Waals surface area (Å²) in [6.07, 6.45) is 0.704. The summed E-state index contributed by atoms with van der Waals surface area (Å²) in [7, 11) is 0. The Balaban J connectivity index is 1.41. The highest BCUT2D eigenvalue weighted by atomic mass is 32.1. The van der Waals surface area contributed by atoms with Crippen molar-refractivity contribution < 1.29 is 9.53 Å². The molecule has 4 nitrogen and oxygen atoms in total. The maximum Gasteiger partial charge on any atom is 0.257 e. The second-order valence-corrected chi connectivity index (χ2v) is 8.53. The van der Waals surface area contributed by atoms with Gasteiger partial charge in [0.2, 0.25) is 0 Å². The molecule has 1 aromatic heterocycles. The third kappa shape index (κ3) is 5.67. The molecule has 0 saturated carbocycles. The van der Waals surface area contributed by atoms with E-state index in [0.717, 1.165) is 16.3 Å². The molecule has 0 aliphatic carbocycles. The lowest BCUT2D eigenvalue weighted by Crippen LogP contribution is -2.30. The average Bonchev–Trinajstić information content (AvgIpc) is 3.16. The van der Waals surface area contributed by atoms with Gasteiger partial charge in [0.1, 0.15) is 10.8 Å². The van der Waals surface area contributed by atoms with Crippen molar-refractivity contribution in [2.45, 2.75) is 32.6 Å². The Morgan fingerprint density at radius 2 is 1.79 bits per heavy atom. The molecule has 0 bridgehead atoms. The number of thiazole rings is 1. The van der Waals surface area contributed by atoms with Crippen LogP contribution in [-0.2, 0) is 16.6 Å². The molecular formula is C23H26N2O2S. The standard InChI is InChI=1S/C23H26N2O2S/c1-23(2,3)18-9-11-20(12-10-18)27-15-21(26)24-14-13-19-16-28-22(25-19)17-7-5-4-6-8-17/h4-12,16H,13-15H2,1-3H3,(H,24,26). The van der Waals surface area contributed by atoms with E-state index in [1.54, 1.807) is 11.3 Å². The molecule has 1 amide bonds. The number of nitrogens with zero attached hydrogens (tertiary/aromatic N) is 1. The average molecular weight is 395 g/mol. The van der Waals surface area contributed by atoms with Crippen LogP contribution in [0, 0.1) is 0 Å². The van der Waals surface area contributed by atoms with Crippen molar-refractivity contribution >= 4 is 17.2 Å².